The number of benzene rings is 1. The van der Waals surface area contributed by atoms with Crippen LogP contribution in [-0.4, -0.2) is 141 Å². The van der Waals surface area contributed by atoms with E-state index in [1.807, 2.05) is 55.4 Å². The van der Waals surface area contributed by atoms with Crippen molar-refractivity contribution in [2.45, 2.75) is 212 Å². The first-order valence-electron chi connectivity index (χ1n) is 25.0. The fourth-order valence-electron chi connectivity index (χ4n) is 10.9. The molecule has 394 valence electrons. The van der Waals surface area contributed by atoms with Crippen molar-refractivity contribution >= 4 is 11.8 Å². The van der Waals surface area contributed by atoms with Crippen LogP contribution in [0.3, 0.4) is 0 Å². The maximum Gasteiger partial charge on any atom is 0.338 e. The number of aliphatic hydroxyl groups is 1. The molecule has 10 unspecified atom stereocenters. The largest absolute Gasteiger partial charge is 0.453 e. The molecule has 1 aromatic carbocycles. The van der Waals surface area contributed by atoms with Crippen molar-refractivity contribution in [3.05, 3.63) is 67.2 Å². The minimum absolute atomic E-state index is 0.0658. The molecule has 0 saturated carbocycles. The van der Waals surface area contributed by atoms with E-state index in [9.17, 15) is 31.3 Å². The number of aliphatic hydroxyl groups excluding tert-OH is 1. The number of azide groups is 3. The standard InChI is InChI=1S/C48H73N9O14/c1-13-30-21(4)22(5)33(52-55-49)45(63-30)70-40-25(8)36(59)47(71-42(40)27(10)58)68-38-24(7)35(54-57-51)46(65-32(38)15-3)67-37-26(9)41(66-43(60)29-19-17-16-18-20-29)48(62-28(37)11)69-39-23(6)34(53-56-50)44(61-12)64-31(39)14-2/h16-26,28,30-42,44-48,59H,13-15H2,1-12H3/t21-,22-,23+,24+,25+,26-,28?,30?,31?,32?,33?,34?,35?,36?,37-,38-,39-,40-,41?,42?,44-,45+,46+,47+,48+/m0/s1. The number of nitrogens with zero attached hydrogens (tertiary/aromatic N) is 9. The van der Waals surface area contributed by atoms with Crippen LogP contribution in [-0.2, 0) is 56.9 Å². The Balaban J connectivity index is 1.22. The fraction of sp³-hybridized carbons (Fsp3) is 0.833. The van der Waals surface area contributed by atoms with Crippen molar-refractivity contribution in [3.8, 4) is 0 Å². The molecule has 5 saturated heterocycles. The Kier molecular flexibility index (Phi) is 19.9. The van der Waals surface area contributed by atoms with Crippen LogP contribution in [0.15, 0.2) is 45.7 Å². The Labute approximate surface area is 414 Å². The van der Waals surface area contributed by atoms with E-state index in [2.05, 4.69) is 30.1 Å². The quantitative estimate of drug-likeness (QED) is 0.0629. The summed E-state index contributed by atoms with van der Waals surface area (Å²) in [6.07, 6.45) is -12.9. The Bertz CT molecular complexity index is 2080. The molecular weight excluding hydrogens is 927 g/mol. The van der Waals surface area contributed by atoms with Crippen LogP contribution in [0, 0.1) is 35.5 Å². The highest BCUT2D eigenvalue weighted by Crippen LogP contribution is 2.43. The summed E-state index contributed by atoms with van der Waals surface area (Å²) in [5.74, 6) is -3.43. The van der Waals surface area contributed by atoms with Gasteiger partial charge in [-0.15, -0.1) is 0 Å². The van der Waals surface area contributed by atoms with Crippen LogP contribution >= 0.6 is 0 Å². The molecule has 0 aliphatic carbocycles. The summed E-state index contributed by atoms with van der Waals surface area (Å²) in [5, 5.41) is 24.0. The van der Waals surface area contributed by atoms with Crippen LogP contribution in [0.2, 0.25) is 0 Å². The minimum atomic E-state index is -1.34. The van der Waals surface area contributed by atoms with Gasteiger partial charge in [-0.05, 0) is 85.5 Å². The van der Waals surface area contributed by atoms with Gasteiger partial charge in [-0.25, -0.2) is 4.79 Å². The molecule has 5 fully saturated rings. The summed E-state index contributed by atoms with van der Waals surface area (Å²) in [5.41, 5.74) is 29.1. The number of ketones is 1. The van der Waals surface area contributed by atoms with Gasteiger partial charge in [-0.1, -0.05) is 95.9 Å². The van der Waals surface area contributed by atoms with Crippen LogP contribution in [0.25, 0.3) is 31.3 Å². The lowest BCUT2D eigenvalue weighted by Gasteiger charge is -2.51. The third-order valence-electron chi connectivity index (χ3n) is 15.4. The first kappa shape index (κ1) is 56.2. The van der Waals surface area contributed by atoms with Crippen molar-refractivity contribution in [3.63, 3.8) is 0 Å². The minimum Gasteiger partial charge on any atom is -0.453 e. The molecule has 1 N–H and O–H groups in total. The van der Waals surface area contributed by atoms with E-state index in [1.165, 1.54) is 14.0 Å². The maximum atomic E-state index is 13.8. The van der Waals surface area contributed by atoms with E-state index >= 15 is 0 Å². The van der Waals surface area contributed by atoms with E-state index in [4.69, 9.17) is 52.1 Å². The summed E-state index contributed by atoms with van der Waals surface area (Å²) in [6.45, 7) is 20.2. The summed E-state index contributed by atoms with van der Waals surface area (Å²) in [6, 6.07) is 6.06. The molecule has 71 heavy (non-hydrogen) atoms. The topological polar surface area (TPSA) is 302 Å². The molecule has 0 aromatic heterocycles. The van der Waals surface area contributed by atoms with Crippen molar-refractivity contribution < 1.29 is 66.8 Å². The van der Waals surface area contributed by atoms with Gasteiger partial charge in [-0.2, -0.15) is 0 Å². The average Bonchev–Trinajstić information content (AvgIpc) is 3.36. The van der Waals surface area contributed by atoms with Crippen molar-refractivity contribution in [1.82, 2.24) is 0 Å². The highest BCUT2D eigenvalue weighted by atomic mass is 16.8. The van der Waals surface area contributed by atoms with Gasteiger partial charge in [0.1, 0.15) is 12.2 Å². The highest BCUT2D eigenvalue weighted by Gasteiger charge is 2.55. The number of carbonyl (C=O) groups is 2. The lowest BCUT2D eigenvalue weighted by Crippen LogP contribution is -2.63. The second-order valence-electron chi connectivity index (χ2n) is 19.7. The number of esters is 1. The van der Waals surface area contributed by atoms with Crippen molar-refractivity contribution in [1.29, 1.82) is 0 Å². The van der Waals surface area contributed by atoms with E-state index < -0.39 is 140 Å². The first-order chi connectivity index (χ1) is 34.0. The van der Waals surface area contributed by atoms with Crippen LogP contribution in [0.4, 0.5) is 0 Å². The van der Waals surface area contributed by atoms with Crippen molar-refractivity contribution in [2.24, 2.45) is 50.9 Å². The summed E-state index contributed by atoms with van der Waals surface area (Å²) in [7, 11) is 1.48. The Hall–Kier alpha value is -4.15. The molecular formula is C48H73N9O14. The third kappa shape index (κ3) is 12.1. The maximum absolute atomic E-state index is 13.8. The molecule has 5 aliphatic heterocycles. The Morgan fingerprint density at radius 2 is 1.04 bits per heavy atom. The van der Waals surface area contributed by atoms with Gasteiger partial charge in [-0.3, -0.25) is 4.79 Å². The predicted octanol–water partition coefficient (Wildman–Crippen LogP) is 8.08. The molecule has 5 aliphatic rings. The fourth-order valence-corrected chi connectivity index (χ4v) is 10.9. The number of ether oxygens (including phenoxy) is 11. The molecule has 0 amide bonds. The third-order valence-corrected chi connectivity index (χ3v) is 15.4. The number of rotatable bonds is 18. The molecule has 25 atom stereocenters. The summed E-state index contributed by atoms with van der Waals surface area (Å²) in [4.78, 5) is 36.4. The monoisotopic (exact) mass is 1000 g/mol. The molecule has 0 bridgehead atoms. The van der Waals surface area contributed by atoms with Gasteiger partial charge in [0.15, 0.2) is 43.3 Å². The SMILES string of the molecule is CCC1O[C@H](O[C@@H]2C(C(C)=O)O[C@@H](O[C@@H]3C(CC)O[C@H](O[C@@H]4C(C)O[C@H](O[C@@H]5C(CC)O[C@H](OC)C(N=[N+]=[N-])[C@H]5C)C(OC(=O)c5ccccc5)[C@H]4C)C(N=[N+]=[N-])[C@H]3C)C(O)[C@H]2C)C(N=[N+]=[N-])[C@@H](C)[C@@H]1C. The Morgan fingerprint density at radius 3 is 1.56 bits per heavy atom. The van der Waals surface area contributed by atoms with Gasteiger partial charge in [0.25, 0.3) is 0 Å². The second kappa shape index (κ2) is 25.2. The molecule has 0 radical (unpaired) electrons. The van der Waals surface area contributed by atoms with Gasteiger partial charge >= 0.3 is 5.97 Å². The highest BCUT2D eigenvalue weighted by molar-refractivity contribution is 5.89. The lowest BCUT2D eigenvalue weighted by molar-refractivity contribution is -0.360. The van der Waals surface area contributed by atoms with Gasteiger partial charge in [0.05, 0.1) is 72.5 Å². The van der Waals surface area contributed by atoms with E-state index in [-0.39, 0.29) is 23.7 Å². The zero-order valence-electron chi connectivity index (χ0n) is 42.7. The first-order valence-corrected chi connectivity index (χ1v) is 25.0. The number of Topliss-reactive ketones (excluding diaryl/α,β-unsaturated/α-hetero) is 1. The van der Waals surface area contributed by atoms with Crippen LogP contribution in [0.1, 0.15) is 106 Å². The van der Waals surface area contributed by atoms with E-state index in [1.54, 1.807) is 44.2 Å². The molecule has 5 heterocycles. The zero-order chi connectivity index (χ0) is 51.8. The normalized spacial score (nSPS) is 43.7. The van der Waals surface area contributed by atoms with Gasteiger partial charge in [0, 0.05) is 33.7 Å². The van der Waals surface area contributed by atoms with Gasteiger partial charge in [0.2, 0.25) is 0 Å². The zero-order valence-corrected chi connectivity index (χ0v) is 42.7. The number of carbonyl (C=O) groups excluding carboxylic acids is 2. The smallest absolute Gasteiger partial charge is 0.338 e. The van der Waals surface area contributed by atoms with Crippen molar-refractivity contribution in [2.75, 3.05) is 7.11 Å². The average molecular weight is 1000 g/mol. The van der Waals surface area contributed by atoms with Crippen LogP contribution < -0.4 is 0 Å². The Morgan fingerprint density at radius 1 is 0.563 bits per heavy atom. The number of hydrogen-bond acceptors (Lipinski definition) is 17. The summed E-state index contributed by atoms with van der Waals surface area (Å²) >= 11 is 0. The van der Waals surface area contributed by atoms with E-state index in [0.717, 1.165) is 0 Å². The molecule has 1 aromatic rings. The van der Waals surface area contributed by atoms with E-state index in [0.29, 0.717) is 24.8 Å². The predicted molar refractivity (Wildman–Crippen MR) is 252 cm³/mol. The molecule has 23 heteroatoms. The molecule has 6 rings (SSSR count). The second-order valence-corrected chi connectivity index (χ2v) is 19.7. The van der Waals surface area contributed by atoms with Crippen LogP contribution in [0.5, 0.6) is 0 Å². The van der Waals surface area contributed by atoms with Gasteiger partial charge < -0.3 is 57.2 Å². The summed E-state index contributed by atoms with van der Waals surface area (Å²) < 4.78 is 70.4. The molecule has 23 nitrogen and oxygen atoms in total. The number of hydrogen-bond donors (Lipinski definition) is 1. The molecule has 0 spiro atoms. The lowest BCUT2D eigenvalue weighted by atomic mass is 9.81. The number of methoxy groups -OCH3 is 1.